The van der Waals surface area contributed by atoms with Gasteiger partial charge in [-0.05, 0) is 12.1 Å². The first kappa shape index (κ1) is 12.2. The highest BCUT2D eigenvalue weighted by molar-refractivity contribution is 6.00. The number of hydrogen-bond donors (Lipinski definition) is 1. The molecule has 1 atom stereocenters. The maximum atomic E-state index is 11.8. The summed E-state index contributed by atoms with van der Waals surface area (Å²) in [7, 11) is 1.48. The lowest BCUT2D eigenvalue weighted by atomic mass is 9.99. The minimum Gasteiger partial charge on any atom is -0.496 e. The average molecular weight is 222 g/mol. The van der Waals surface area contributed by atoms with E-state index in [9.17, 15) is 9.59 Å². The fourth-order valence-corrected chi connectivity index (χ4v) is 1.35. The van der Waals surface area contributed by atoms with Crippen LogP contribution >= 0.6 is 0 Å². The summed E-state index contributed by atoms with van der Waals surface area (Å²) in [6.45, 7) is 1.51. The Kier molecular flexibility index (Phi) is 4.05. The topological polar surface area (TPSA) is 63.6 Å². The van der Waals surface area contributed by atoms with Crippen molar-refractivity contribution in [3.63, 3.8) is 0 Å². The number of rotatable bonds is 5. The van der Waals surface area contributed by atoms with Gasteiger partial charge in [0.1, 0.15) is 5.75 Å². The number of hydrogen-bond acceptors (Lipinski definition) is 3. The van der Waals surface area contributed by atoms with Crippen molar-refractivity contribution in [2.24, 2.45) is 5.92 Å². The van der Waals surface area contributed by atoms with E-state index in [-0.39, 0.29) is 12.2 Å². The number of carbonyl (C=O) groups excluding carboxylic acids is 1. The molecule has 0 radical (unpaired) electrons. The second-order valence-electron chi connectivity index (χ2n) is 3.57. The summed E-state index contributed by atoms with van der Waals surface area (Å²) in [5.74, 6) is -1.39. The van der Waals surface area contributed by atoms with Crippen LogP contribution in [0.3, 0.4) is 0 Å². The van der Waals surface area contributed by atoms with Crippen molar-refractivity contribution in [3.05, 3.63) is 29.8 Å². The molecule has 1 aromatic carbocycles. The summed E-state index contributed by atoms with van der Waals surface area (Å²) in [4.78, 5) is 22.4. The summed E-state index contributed by atoms with van der Waals surface area (Å²) in [5, 5.41) is 8.72. The summed E-state index contributed by atoms with van der Waals surface area (Å²) in [6, 6.07) is 6.80. The van der Waals surface area contributed by atoms with Gasteiger partial charge in [0.05, 0.1) is 18.6 Å². The highest BCUT2D eigenvalue weighted by Crippen LogP contribution is 2.20. The van der Waals surface area contributed by atoms with Gasteiger partial charge in [-0.15, -0.1) is 0 Å². The van der Waals surface area contributed by atoms with E-state index in [0.717, 1.165) is 0 Å². The number of aliphatic carboxylic acids is 1. The lowest BCUT2D eigenvalue weighted by molar-refractivity contribution is -0.141. The molecule has 0 aliphatic carbocycles. The predicted octanol–water partition coefficient (Wildman–Crippen LogP) is 1.99. The Bertz CT molecular complexity index is 398. The standard InChI is InChI=1S/C12H14O4/c1-8(12(14)15)7-10(13)9-5-3-4-6-11(9)16-2/h3-6,8H,7H2,1-2H3,(H,14,15)/t8-/m1/s1. The zero-order valence-electron chi connectivity index (χ0n) is 9.27. The summed E-state index contributed by atoms with van der Waals surface area (Å²) >= 11 is 0. The Hall–Kier alpha value is -1.84. The van der Waals surface area contributed by atoms with Crippen molar-refractivity contribution in [2.45, 2.75) is 13.3 Å². The van der Waals surface area contributed by atoms with E-state index < -0.39 is 11.9 Å². The van der Waals surface area contributed by atoms with E-state index in [1.165, 1.54) is 14.0 Å². The van der Waals surface area contributed by atoms with Crippen LogP contribution in [-0.4, -0.2) is 24.0 Å². The molecule has 16 heavy (non-hydrogen) atoms. The molecule has 0 bridgehead atoms. The second kappa shape index (κ2) is 5.30. The van der Waals surface area contributed by atoms with Crippen LogP contribution in [0.25, 0.3) is 0 Å². The van der Waals surface area contributed by atoms with Crippen LogP contribution in [0.1, 0.15) is 23.7 Å². The number of carbonyl (C=O) groups is 2. The zero-order chi connectivity index (χ0) is 12.1. The molecule has 1 aromatic rings. The fraction of sp³-hybridized carbons (Fsp3) is 0.333. The third kappa shape index (κ3) is 2.82. The Balaban J connectivity index is 2.84. The maximum Gasteiger partial charge on any atom is 0.306 e. The van der Waals surface area contributed by atoms with Crippen LogP contribution < -0.4 is 4.74 Å². The summed E-state index contributed by atoms with van der Waals surface area (Å²) in [6.07, 6.45) is -0.0181. The van der Waals surface area contributed by atoms with E-state index in [4.69, 9.17) is 9.84 Å². The summed E-state index contributed by atoms with van der Waals surface area (Å²) < 4.78 is 5.04. The molecule has 1 rings (SSSR count). The molecular weight excluding hydrogens is 208 g/mol. The normalized spacial score (nSPS) is 11.9. The van der Waals surface area contributed by atoms with Gasteiger partial charge in [-0.3, -0.25) is 9.59 Å². The molecule has 0 aromatic heterocycles. The molecule has 4 heteroatoms. The number of ether oxygens (including phenoxy) is 1. The molecule has 0 aliphatic heterocycles. The molecule has 4 nitrogen and oxygen atoms in total. The van der Waals surface area contributed by atoms with Gasteiger partial charge in [-0.25, -0.2) is 0 Å². The number of carboxylic acids is 1. The van der Waals surface area contributed by atoms with Crippen molar-refractivity contribution < 1.29 is 19.4 Å². The highest BCUT2D eigenvalue weighted by Gasteiger charge is 2.19. The molecule has 86 valence electrons. The number of methoxy groups -OCH3 is 1. The first-order chi connectivity index (χ1) is 7.56. The number of ketones is 1. The van der Waals surface area contributed by atoms with Gasteiger partial charge in [0, 0.05) is 6.42 Å². The largest absolute Gasteiger partial charge is 0.496 e. The molecule has 0 spiro atoms. The molecule has 0 saturated carbocycles. The molecule has 0 aliphatic rings. The average Bonchev–Trinajstić information content (AvgIpc) is 2.28. The van der Waals surface area contributed by atoms with Gasteiger partial charge in [0.15, 0.2) is 5.78 Å². The third-order valence-electron chi connectivity index (χ3n) is 2.32. The Morgan fingerprint density at radius 1 is 1.38 bits per heavy atom. The SMILES string of the molecule is COc1ccccc1C(=O)C[C@@H](C)C(=O)O. The maximum absolute atomic E-state index is 11.8. The van der Waals surface area contributed by atoms with Crippen LogP contribution in [-0.2, 0) is 4.79 Å². The van der Waals surface area contributed by atoms with Gasteiger partial charge in [0.25, 0.3) is 0 Å². The highest BCUT2D eigenvalue weighted by atomic mass is 16.5. The lowest BCUT2D eigenvalue weighted by Gasteiger charge is -2.08. The van der Waals surface area contributed by atoms with E-state index in [0.29, 0.717) is 11.3 Å². The lowest BCUT2D eigenvalue weighted by Crippen LogP contribution is -2.15. The van der Waals surface area contributed by atoms with E-state index in [1.807, 2.05) is 0 Å². The second-order valence-corrected chi connectivity index (χ2v) is 3.57. The first-order valence-corrected chi connectivity index (χ1v) is 4.95. The minimum atomic E-state index is -0.969. The van der Waals surface area contributed by atoms with Crippen molar-refractivity contribution in [1.29, 1.82) is 0 Å². The number of Topliss-reactive ketones (excluding diaryl/α,β-unsaturated/α-hetero) is 1. The van der Waals surface area contributed by atoms with Crippen molar-refractivity contribution in [1.82, 2.24) is 0 Å². The summed E-state index contributed by atoms with van der Waals surface area (Å²) in [5.41, 5.74) is 0.429. The Morgan fingerprint density at radius 3 is 2.56 bits per heavy atom. The van der Waals surface area contributed by atoms with Gasteiger partial charge in [-0.1, -0.05) is 19.1 Å². The van der Waals surface area contributed by atoms with Gasteiger partial charge < -0.3 is 9.84 Å². The van der Waals surface area contributed by atoms with E-state index >= 15 is 0 Å². The van der Waals surface area contributed by atoms with Crippen LogP contribution in [0.4, 0.5) is 0 Å². The van der Waals surface area contributed by atoms with Gasteiger partial charge >= 0.3 is 5.97 Å². The Morgan fingerprint density at radius 2 is 2.00 bits per heavy atom. The first-order valence-electron chi connectivity index (χ1n) is 4.95. The van der Waals surface area contributed by atoms with Crippen LogP contribution in [0, 0.1) is 5.92 Å². The molecule has 0 unspecified atom stereocenters. The number of para-hydroxylation sites is 1. The van der Waals surface area contributed by atoms with Crippen molar-refractivity contribution in [2.75, 3.05) is 7.11 Å². The fourth-order valence-electron chi connectivity index (χ4n) is 1.35. The molecule has 0 heterocycles. The molecule has 0 amide bonds. The molecule has 0 saturated heterocycles. The zero-order valence-corrected chi connectivity index (χ0v) is 9.27. The van der Waals surface area contributed by atoms with Crippen LogP contribution in [0.15, 0.2) is 24.3 Å². The quantitative estimate of drug-likeness (QED) is 0.774. The molecule has 1 N–H and O–H groups in total. The molecule has 0 fully saturated rings. The van der Waals surface area contributed by atoms with Crippen molar-refractivity contribution >= 4 is 11.8 Å². The van der Waals surface area contributed by atoms with E-state index in [1.54, 1.807) is 24.3 Å². The van der Waals surface area contributed by atoms with Crippen molar-refractivity contribution in [3.8, 4) is 5.75 Å². The van der Waals surface area contributed by atoms with Crippen LogP contribution in [0.2, 0.25) is 0 Å². The van der Waals surface area contributed by atoms with Gasteiger partial charge in [0.2, 0.25) is 0 Å². The monoisotopic (exact) mass is 222 g/mol. The molecular formula is C12H14O4. The smallest absolute Gasteiger partial charge is 0.306 e. The van der Waals surface area contributed by atoms with E-state index in [2.05, 4.69) is 0 Å². The van der Waals surface area contributed by atoms with Crippen LogP contribution in [0.5, 0.6) is 5.75 Å². The number of carboxylic acid groups (broad SMARTS) is 1. The minimum absolute atomic E-state index is 0.0181. The third-order valence-corrected chi connectivity index (χ3v) is 2.32. The predicted molar refractivity (Wildman–Crippen MR) is 58.7 cm³/mol. The Labute approximate surface area is 93.9 Å². The number of benzene rings is 1. The van der Waals surface area contributed by atoms with Gasteiger partial charge in [-0.2, -0.15) is 0 Å².